The first-order valence-corrected chi connectivity index (χ1v) is 15.9. The van der Waals surface area contributed by atoms with E-state index in [0.717, 1.165) is 6.26 Å². The van der Waals surface area contributed by atoms with E-state index in [1.54, 1.807) is 20.8 Å². The van der Waals surface area contributed by atoms with Crippen molar-refractivity contribution >= 4 is 24.5 Å². The van der Waals surface area contributed by atoms with Gasteiger partial charge in [-0.1, -0.05) is 41.5 Å². The molecule has 1 amide bonds. The molecule has 0 aliphatic heterocycles. The van der Waals surface area contributed by atoms with Gasteiger partial charge in [0.15, 0.2) is 8.32 Å². The first-order chi connectivity index (χ1) is 13.6. The molecule has 9 heteroatoms. The normalized spacial score (nSPS) is 16.7. The van der Waals surface area contributed by atoms with Gasteiger partial charge in [-0.25, -0.2) is 4.79 Å². The van der Waals surface area contributed by atoms with Crippen molar-refractivity contribution in [2.24, 2.45) is 11.8 Å². The molecule has 0 aromatic carbocycles. The molecule has 0 saturated heterocycles. The van der Waals surface area contributed by atoms with Crippen LogP contribution < -0.4 is 5.32 Å². The topological polar surface area (TPSA) is 90.9 Å². The fourth-order valence-corrected chi connectivity index (χ4v) is 4.59. The van der Waals surface area contributed by atoms with Gasteiger partial charge in [-0.05, 0) is 63.6 Å². The number of hydrogen-bond acceptors (Lipinski definition) is 6. The Hall–Kier alpha value is -0.643. The second-order valence-electron chi connectivity index (χ2n) is 11.6. The molecule has 0 aromatic rings. The number of hydrogen-bond donors (Lipinski definition) is 1. The predicted octanol–water partition coefficient (Wildman–Crippen LogP) is 5.32. The highest BCUT2D eigenvalue weighted by Crippen LogP contribution is 2.37. The molecule has 7 nitrogen and oxygen atoms in total. The van der Waals surface area contributed by atoms with Gasteiger partial charge in [0.2, 0.25) is 0 Å². The minimum absolute atomic E-state index is 0.0518. The van der Waals surface area contributed by atoms with E-state index in [9.17, 15) is 13.2 Å². The van der Waals surface area contributed by atoms with Crippen LogP contribution in [0.4, 0.5) is 4.79 Å². The van der Waals surface area contributed by atoms with Crippen molar-refractivity contribution in [1.29, 1.82) is 0 Å². The number of carbonyl (C=O) groups excluding carboxylic acids is 1. The molecule has 0 heterocycles. The average Bonchev–Trinajstić information content (AvgIpc) is 2.47. The number of ether oxygens (including phenoxy) is 1. The summed E-state index contributed by atoms with van der Waals surface area (Å²) in [7, 11) is -5.63. The molecule has 0 fully saturated rings. The van der Waals surface area contributed by atoms with Gasteiger partial charge in [-0.3, -0.25) is 4.18 Å². The Balaban J connectivity index is 5.50. The minimum Gasteiger partial charge on any atom is -0.444 e. The lowest BCUT2D eigenvalue weighted by Crippen LogP contribution is -2.48. The molecule has 0 aliphatic rings. The van der Waals surface area contributed by atoms with E-state index in [2.05, 4.69) is 39.2 Å². The molecule has 0 saturated carbocycles. The Bertz CT molecular complexity index is 664. The molecule has 31 heavy (non-hydrogen) atoms. The molecule has 1 N–H and O–H groups in total. The van der Waals surface area contributed by atoms with Gasteiger partial charge in [0, 0.05) is 6.61 Å². The average molecular weight is 482 g/mol. The van der Waals surface area contributed by atoms with Gasteiger partial charge < -0.3 is 14.5 Å². The Morgan fingerprint density at radius 3 is 1.90 bits per heavy atom. The van der Waals surface area contributed by atoms with Crippen LogP contribution in [-0.2, 0) is 23.5 Å². The summed E-state index contributed by atoms with van der Waals surface area (Å²) < 4.78 is 41.1. The maximum Gasteiger partial charge on any atom is 0.407 e. The lowest BCUT2D eigenvalue weighted by molar-refractivity contribution is 0.0405. The van der Waals surface area contributed by atoms with Crippen molar-refractivity contribution in [3.63, 3.8) is 0 Å². The minimum atomic E-state index is -3.71. The van der Waals surface area contributed by atoms with Gasteiger partial charge >= 0.3 is 6.09 Å². The zero-order valence-electron chi connectivity index (χ0n) is 21.8. The maximum absolute atomic E-state index is 12.4. The fourth-order valence-electron chi connectivity index (χ4n) is 2.80. The summed E-state index contributed by atoms with van der Waals surface area (Å²) in [5, 5.41) is 2.94. The number of alkyl carbamates (subject to hydrolysis) is 1. The van der Waals surface area contributed by atoms with Gasteiger partial charge in [0.05, 0.1) is 18.4 Å². The molecular weight excluding hydrogens is 434 g/mol. The van der Waals surface area contributed by atoms with Crippen molar-refractivity contribution in [3.8, 4) is 0 Å². The monoisotopic (exact) mass is 481 g/mol. The zero-order chi connectivity index (χ0) is 24.8. The quantitative estimate of drug-likeness (QED) is 0.317. The van der Waals surface area contributed by atoms with Gasteiger partial charge in [0.25, 0.3) is 10.1 Å². The predicted molar refractivity (Wildman–Crippen MR) is 129 cm³/mol. The van der Waals surface area contributed by atoms with Gasteiger partial charge in [0.1, 0.15) is 5.60 Å². The first kappa shape index (κ1) is 30.4. The van der Waals surface area contributed by atoms with Crippen LogP contribution in [0, 0.1) is 11.8 Å². The van der Waals surface area contributed by atoms with Gasteiger partial charge in [-0.2, -0.15) is 8.42 Å². The highest BCUT2D eigenvalue weighted by Gasteiger charge is 2.38. The maximum atomic E-state index is 12.4. The fraction of sp³-hybridized carbons (Fsp3) is 0.955. The van der Waals surface area contributed by atoms with Crippen molar-refractivity contribution < 1.29 is 26.6 Å². The van der Waals surface area contributed by atoms with Crippen molar-refractivity contribution in [1.82, 2.24) is 5.32 Å². The molecule has 0 aliphatic carbocycles. The molecular formula is C22H47NO6SSi. The van der Waals surface area contributed by atoms with E-state index in [-0.39, 0.29) is 16.9 Å². The third-order valence-electron chi connectivity index (χ3n) is 5.34. The standard InChI is InChI=1S/C22H47NO6SSi/c1-16(2)13-18(23-20(24)28-21(4,5)6)19(29-30(10,25)26)14-17(3)15-27-31(11,12)22(7,8)9/h16-19H,13-15H2,1-12H3,(H,23,24). The van der Waals surface area contributed by atoms with Gasteiger partial charge in [-0.15, -0.1) is 0 Å². The van der Waals surface area contributed by atoms with Crippen LogP contribution in [-0.4, -0.2) is 53.4 Å². The Morgan fingerprint density at radius 2 is 1.52 bits per heavy atom. The van der Waals surface area contributed by atoms with E-state index in [1.807, 2.05) is 20.8 Å². The van der Waals surface area contributed by atoms with Crippen molar-refractivity contribution in [2.75, 3.05) is 12.9 Å². The molecule has 0 spiro atoms. The Labute approximate surface area is 192 Å². The highest BCUT2D eigenvalue weighted by atomic mass is 32.2. The SMILES string of the molecule is CC(C)CC(NC(=O)OC(C)(C)C)C(CC(C)CO[Si](C)(C)C(C)(C)C)OS(C)(=O)=O. The molecule has 0 bridgehead atoms. The molecule has 186 valence electrons. The zero-order valence-corrected chi connectivity index (χ0v) is 23.6. The lowest BCUT2D eigenvalue weighted by atomic mass is 9.93. The molecule has 0 radical (unpaired) electrons. The summed E-state index contributed by atoms with van der Waals surface area (Å²) in [5.74, 6) is 0.278. The van der Waals surface area contributed by atoms with Crippen LogP contribution in [0.2, 0.25) is 18.1 Å². The van der Waals surface area contributed by atoms with Crippen molar-refractivity contribution in [3.05, 3.63) is 0 Å². The Kier molecular flexibility index (Phi) is 11.2. The smallest absolute Gasteiger partial charge is 0.407 e. The van der Waals surface area contributed by atoms with Crippen LogP contribution in [0.25, 0.3) is 0 Å². The number of nitrogens with one attached hydrogen (secondary N) is 1. The van der Waals surface area contributed by atoms with Crippen LogP contribution >= 0.6 is 0 Å². The van der Waals surface area contributed by atoms with Crippen LogP contribution in [0.1, 0.15) is 75.2 Å². The number of amides is 1. The largest absolute Gasteiger partial charge is 0.444 e. The summed E-state index contributed by atoms with van der Waals surface area (Å²) in [5.41, 5.74) is -0.649. The first-order valence-electron chi connectivity index (χ1n) is 11.1. The molecule has 0 rings (SSSR count). The number of carbonyl (C=O) groups is 1. The third kappa shape index (κ3) is 13.5. The third-order valence-corrected chi connectivity index (χ3v) is 10.4. The summed E-state index contributed by atoms with van der Waals surface area (Å²) >= 11 is 0. The van der Waals surface area contributed by atoms with Crippen LogP contribution in [0.15, 0.2) is 0 Å². The molecule has 3 atom stereocenters. The summed E-state index contributed by atoms with van der Waals surface area (Å²) in [6.07, 6.45) is 0.759. The van der Waals surface area contributed by atoms with E-state index >= 15 is 0 Å². The second kappa shape index (κ2) is 11.5. The number of rotatable bonds is 11. The molecule has 0 aromatic heterocycles. The Morgan fingerprint density at radius 1 is 1.00 bits per heavy atom. The van der Waals surface area contributed by atoms with Crippen LogP contribution in [0.3, 0.4) is 0 Å². The van der Waals surface area contributed by atoms with E-state index in [0.29, 0.717) is 19.4 Å². The van der Waals surface area contributed by atoms with E-state index < -0.39 is 42.3 Å². The van der Waals surface area contributed by atoms with E-state index in [1.165, 1.54) is 0 Å². The molecule has 3 unspecified atom stereocenters. The summed E-state index contributed by atoms with van der Waals surface area (Å²) in [6.45, 7) is 22.9. The second-order valence-corrected chi connectivity index (χ2v) is 18.0. The van der Waals surface area contributed by atoms with E-state index in [4.69, 9.17) is 13.3 Å². The summed E-state index contributed by atoms with van der Waals surface area (Å²) in [6, 6.07) is -0.500. The van der Waals surface area contributed by atoms with Crippen molar-refractivity contribution in [2.45, 2.75) is 111 Å². The highest BCUT2D eigenvalue weighted by molar-refractivity contribution is 7.86. The lowest BCUT2D eigenvalue weighted by Gasteiger charge is -2.37. The summed E-state index contributed by atoms with van der Waals surface area (Å²) in [4.78, 5) is 12.4. The van der Waals surface area contributed by atoms with Crippen LogP contribution in [0.5, 0.6) is 0 Å².